The van der Waals surface area contributed by atoms with Gasteiger partial charge in [0.2, 0.25) is 0 Å². The third kappa shape index (κ3) is 4.02. The van der Waals surface area contributed by atoms with Crippen molar-refractivity contribution in [1.29, 1.82) is 0 Å². The van der Waals surface area contributed by atoms with Gasteiger partial charge in [-0.3, -0.25) is 0 Å². The van der Waals surface area contributed by atoms with Crippen LogP contribution in [0.25, 0.3) is 0 Å². The molecule has 0 radical (unpaired) electrons. The molecule has 0 bridgehead atoms. The van der Waals surface area contributed by atoms with Gasteiger partial charge in [-0.2, -0.15) is 4.89 Å². The molecule has 0 aliphatic rings. The highest BCUT2D eigenvalue weighted by Gasteiger charge is 2.19. The average molecular weight is 250 g/mol. The lowest BCUT2D eigenvalue weighted by atomic mass is 9.94. The molecule has 0 aliphatic carbocycles. The van der Waals surface area contributed by atoms with E-state index in [9.17, 15) is 0 Å². The SMILES string of the molecule is CC(C)c1cccc(C(C)C)c1OOC(C)(C)C. The third-order valence-electron chi connectivity index (χ3n) is 2.69. The summed E-state index contributed by atoms with van der Waals surface area (Å²) in [6.07, 6.45) is 0. The first-order valence-electron chi connectivity index (χ1n) is 6.71. The van der Waals surface area contributed by atoms with E-state index in [1.54, 1.807) is 0 Å². The molecule has 0 heterocycles. The van der Waals surface area contributed by atoms with Crippen LogP contribution < -0.4 is 4.89 Å². The first kappa shape index (κ1) is 15.0. The van der Waals surface area contributed by atoms with Crippen molar-refractivity contribution in [2.24, 2.45) is 0 Å². The second-order valence-corrected chi connectivity index (χ2v) is 6.35. The quantitative estimate of drug-likeness (QED) is 0.550. The van der Waals surface area contributed by atoms with Crippen LogP contribution in [0.15, 0.2) is 18.2 Å². The van der Waals surface area contributed by atoms with Crippen molar-refractivity contribution < 1.29 is 9.78 Å². The maximum atomic E-state index is 5.66. The van der Waals surface area contributed by atoms with Crippen LogP contribution in [0.3, 0.4) is 0 Å². The van der Waals surface area contributed by atoms with Gasteiger partial charge in [0.1, 0.15) is 5.60 Å². The summed E-state index contributed by atoms with van der Waals surface area (Å²) in [6, 6.07) is 6.31. The topological polar surface area (TPSA) is 18.5 Å². The number of hydrogen-bond acceptors (Lipinski definition) is 2. The molecule has 1 aromatic carbocycles. The molecule has 0 unspecified atom stereocenters. The van der Waals surface area contributed by atoms with Gasteiger partial charge in [0.15, 0.2) is 5.75 Å². The van der Waals surface area contributed by atoms with Crippen LogP contribution in [-0.4, -0.2) is 5.60 Å². The molecule has 0 fully saturated rings. The van der Waals surface area contributed by atoms with E-state index in [1.165, 1.54) is 11.1 Å². The predicted molar refractivity (Wildman–Crippen MR) is 76.1 cm³/mol. The van der Waals surface area contributed by atoms with Crippen LogP contribution in [0.4, 0.5) is 0 Å². The normalized spacial score (nSPS) is 12.3. The Hall–Kier alpha value is -1.02. The van der Waals surface area contributed by atoms with E-state index in [0.717, 1.165) is 5.75 Å². The van der Waals surface area contributed by atoms with E-state index in [1.807, 2.05) is 20.8 Å². The van der Waals surface area contributed by atoms with Crippen LogP contribution >= 0.6 is 0 Å². The molecule has 0 aromatic heterocycles. The minimum Gasteiger partial charge on any atom is -0.336 e. The molecule has 18 heavy (non-hydrogen) atoms. The number of rotatable bonds is 4. The Morgan fingerprint density at radius 1 is 0.889 bits per heavy atom. The van der Waals surface area contributed by atoms with Crippen LogP contribution in [0, 0.1) is 0 Å². The Kier molecular flexibility index (Phi) is 4.80. The molecule has 2 nitrogen and oxygen atoms in total. The second-order valence-electron chi connectivity index (χ2n) is 6.35. The Morgan fingerprint density at radius 2 is 1.33 bits per heavy atom. The Labute approximate surface area is 111 Å². The first-order valence-corrected chi connectivity index (χ1v) is 6.71. The highest BCUT2D eigenvalue weighted by Crippen LogP contribution is 2.35. The van der Waals surface area contributed by atoms with E-state index in [4.69, 9.17) is 9.78 Å². The molecule has 0 amide bonds. The van der Waals surface area contributed by atoms with Gasteiger partial charge < -0.3 is 4.89 Å². The van der Waals surface area contributed by atoms with Crippen molar-refractivity contribution >= 4 is 0 Å². The summed E-state index contributed by atoms with van der Waals surface area (Å²) in [6.45, 7) is 14.6. The summed E-state index contributed by atoms with van der Waals surface area (Å²) in [4.78, 5) is 11.2. The van der Waals surface area contributed by atoms with E-state index in [-0.39, 0.29) is 5.60 Å². The van der Waals surface area contributed by atoms with Gasteiger partial charge in [-0.25, -0.2) is 0 Å². The minimum atomic E-state index is -0.307. The fraction of sp³-hybridized carbons (Fsp3) is 0.625. The van der Waals surface area contributed by atoms with Crippen LogP contribution in [0.2, 0.25) is 0 Å². The molecule has 0 atom stereocenters. The molecule has 2 heteroatoms. The number of benzene rings is 1. The lowest BCUT2D eigenvalue weighted by Crippen LogP contribution is -2.22. The van der Waals surface area contributed by atoms with Gasteiger partial charge in [-0.1, -0.05) is 45.9 Å². The number of hydrogen-bond donors (Lipinski definition) is 0. The average Bonchev–Trinajstić information content (AvgIpc) is 2.24. The Morgan fingerprint density at radius 3 is 1.67 bits per heavy atom. The van der Waals surface area contributed by atoms with Crippen molar-refractivity contribution in [3.05, 3.63) is 29.3 Å². The molecule has 0 aliphatic heterocycles. The molecular weight excluding hydrogens is 224 g/mol. The molecule has 0 saturated heterocycles. The predicted octanol–water partition coefficient (Wildman–Crippen LogP) is 5.04. The zero-order valence-electron chi connectivity index (χ0n) is 12.7. The first-order chi connectivity index (χ1) is 8.22. The minimum absolute atomic E-state index is 0.307. The molecule has 102 valence electrons. The van der Waals surface area contributed by atoms with Crippen LogP contribution in [0.1, 0.15) is 71.4 Å². The molecule has 0 N–H and O–H groups in total. The van der Waals surface area contributed by atoms with Crippen LogP contribution in [-0.2, 0) is 4.89 Å². The molecule has 1 aromatic rings. The summed E-state index contributed by atoms with van der Waals surface area (Å²) in [5.74, 6) is 1.72. The zero-order valence-corrected chi connectivity index (χ0v) is 12.7. The second kappa shape index (κ2) is 5.75. The third-order valence-corrected chi connectivity index (χ3v) is 2.69. The van der Waals surface area contributed by atoms with Gasteiger partial charge in [0.05, 0.1) is 0 Å². The van der Waals surface area contributed by atoms with Gasteiger partial charge in [-0.15, -0.1) is 0 Å². The van der Waals surface area contributed by atoms with Crippen molar-refractivity contribution in [1.82, 2.24) is 0 Å². The van der Waals surface area contributed by atoms with E-state index >= 15 is 0 Å². The zero-order chi connectivity index (χ0) is 13.9. The molecule has 0 saturated carbocycles. The molecule has 0 spiro atoms. The largest absolute Gasteiger partial charge is 0.336 e. The van der Waals surface area contributed by atoms with Crippen molar-refractivity contribution in [2.75, 3.05) is 0 Å². The lowest BCUT2D eigenvalue weighted by molar-refractivity contribution is -0.275. The van der Waals surface area contributed by atoms with E-state index in [0.29, 0.717) is 11.8 Å². The molecule has 1 rings (SSSR count). The summed E-state index contributed by atoms with van der Waals surface area (Å²) < 4.78 is 0. The van der Waals surface area contributed by atoms with Gasteiger partial charge in [0.25, 0.3) is 0 Å². The fourth-order valence-corrected chi connectivity index (χ4v) is 1.75. The maximum absolute atomic E-state index is 5.66. The number of para-hydroxylation sites is 1. The Balaban J connectivity index is 3.11. The van der Waals surface area contributed by atoms with Gasteiger partial charge in [0, 0.05) is 11.1 Å². The van der Waals surface area contributed by atoms with Crippen molar-refractivity contribution in [3.8, 4) is 5.75 Å². The maximum Gasteiger partial charge on any atom is 0.172 e. The summed E-state index contributed by atoms with van der Waals surface area (Å²) in [5.41, 5.74) is 2.09. The summed E-state index contributed by atoms with van der Waals surface area (Å²) >= 11 is 0. The van der Waals surface area contributed by atoms with Gasteiger partial charge in [-0.05, 0) is 32.6 Å². The van der Waals surface area contributed by atoms with Crippen molar-refractivity contribution in [2.45, 2.75) is 65.9 Å². The lowest BCUT2D eigenvalue weighted by Gasteiger charge is -2.23. The Bertz CT molecular complexity index is 360. The highest BCUT2D eigenvalue weighted by molar-refractivity contribution is 5.44. The summed E-state index contributed by atoms with van der Waals surface area (Å²) in [5, 5.41) is 0. The molecular formula is C16H26O2. The monoisotopic (exact) mass is 250 g/mol. The fourth-order valence-electron chi connectivity index (χ4n) is 1.75. The van der Waals surface area contributed by atoms with E-state index < -0.39 is 0 Å². The smallest absolute Gasteiger partial charge is 0.172 e. The van der Waals surface area contributed by atoms with Crippen molar-refractivity contribution in [3.63, 3.8) is 0 Å². The van der Waals surface area contributed by atoms with E-state index in [2.05, 4.69) is 45.9 Å². The highest BCUT2D eigenvalue weighted by atomic mass is 17.2. The van der Waals surface area contributed by atoms with Gasteiger partial charge >= 0.3 is 0 Å². The standard InChI is InChI=1S/C16H26O2/c1-11(2)13-9-8-10-14(12(3)4)15(13)17-18-16(5,6)7/h8-12H,1-7H3. The summed E-state index contributed by atoms with van der Waals surface area (Å²) in [7, 11) is 0. The van der Waals surface area contributed by atoms with Crippen LogP contribution in [0.5, 0.6) is 5.75 Å².